The average Bonchev–Trinajstić information content (AvgIpc) is 2.33. The zero-order valence-corrected chi connectivity index (χ0v) is 8.88. The van der Waals surface area contributed by atoms with Crippen LogP contribution in [0.2, 0.25) is 0 Å². The van der Waals surface area contributed by atoms with Gasteiger partial charge in [-0.15, -0.1) is 0 Å². The zero-order valence-electron chi connectivity index (χ0n) is 8.88. The minimum absolute atomic E-state index is 0.513. The van der Waals surface area contributed by atoms with Crippen LogP contribution < -0.4 is 15.2 Å². The number of nitrogen functional groups attached to an aromatic ring is 1. The zero-order chi connectivity index (χ0) is 11.4. The summed E-state index contributed by atoms with van der Waals surface area (Å²) in [4.78, 5) is 4.04. The minimum atomic E-state index is 0.513. The minimum Gasteiger partial charge on any atom is -0.497 e. The van der Waals surface area contributed by atoms with Crippen LogP contribution >= 0.6 is 0 Å². The van der Waals surface area contributed by atoms with Crippen molar-refractivity contribution in [2.75, 3.05) is 12.8 Å². The second kappa shape index (κ2) is 4.53. The molecule has 0 aliphatic carbocycles. The third kappa shape index (κ3) is 2.42. The molecule has 1 aromatic heterocycles. The Bertz CT molecular complexity index is 451. The van der Waals surface area contributed by atoms with Crippen LogP contribution in [0, 0.1) is 0 Å². The number of ether oxygens (including phenoxy) is 2. The SMILES string of the molecule is COc1ccc(Oc2ccc(N)cn2)cc1. The summed E-state index contributed by atoms with van der Waals surface area (Å²) in [6, 6.07) is 10.7. The Kier molecular flexibility index (Phi) is 2.91. The molecule has 0 aliphatic heterocycles. The van der Waals surface area contributed by atoms with E-state index in [2.05, 4.69) is 4.98 Å². The van der Waals surface area contributed by atoms with E-state index in [1.54, 1.807) is 25.4 Å². The van der Waals surface area contributed by atoms with E-state index in [0.717, 1.165) is 5.75 Å². The van der Waals surface area contributed by atoms with Gasteiger partial charge in [0.2, 0.25) is 5.88 Å². The normalized spacial score (nSPS) is 9.81. The fourth-order valence-corrected chi connectivity index (χ4v) is 1.22. The monoisotopic (exact) mass is 216 g/mol. The number of hydrogen-bond donors (Lipinski definition) is 1. The summed E-state index contributed by atoms with van der Waals surface area (Å²) in [7, 11) is 1.62. The molecule has 16 heavy (non-hydrogen) atoms. The van der Waals surface area contributed by atoms with Crippen LogP contribution in [0.5, 0.6) is 17.4 Å². The molecule has 2 N–H and O–H groups in total. The Morgan fingerprint density at radius 3 is 2.25 bits per heavy atom. The highest BCUT2D eigenvalue weighted by Gasteiger charge is 1.98. The number of anilines is 1. The van der Waals surface area contributed by atoms with Gasteiger partial charge in [0.1, 0.15) is 11.5 Å². The summed E-state index contributed by atoms with van der Waals surface area (Å²) >= 11 is 0. The fourth-order valence-electron chi connectivity index (χ4n) is 1.22. The lowest BCUT2D eigenvalue weighted by atomic mass is 10.3. The van der Waals surface area contributed by atoms with Crippen molar-refractivity contribution in [3.05, 3.63) is 42.6 Å². The topological polar surface area (TPSA) is 57.4 Å². The quantitative estimate of drug-likeness (QED) is 0.856. The van der Waals surface area contributed by atoms with Crippen LogP contribution in [-0.4, -0.2) is 12.1 Å². The molecule has 82 valence electrons. The van der Waals surface area contributed by atoms with Crippen molar-refractivity contribution in [1.29, 1.82) is 0 Å². The van der Waals surface area contributed by atoms with Gasteiger partial charge in [-0.1, -0.05) is 0 Å². The number of methoxy groups -OCH3 is 1. The van der Waals surface area contributed by atoms with E-state index in [-0.39, 0.29) is 0 Å². The average molecular weight is 216 g/mol. The second-order valence-electron chi connectivity index (χ2n) is 3.21. The van der Waals surface area contributed by atoms with Crippen molar-refractivity contribution in [2.45, 2.75) is 0 Å². The first-order chi connectivity index (χ1) is 7.78. The summed E-state index contributed by atoms with van der Waals surface area (Å²) in [5, 5.41) is 0. The van der Waals surface area contributed by atoms with E-state index < -0.39 is 0 Å². The molecule has 2 rings (SSSR count). The molecular weight excluding hydrogens is 204 g/mol. The van der Waals surface area contributed by atoms with Crippen LogP contribution in [0.3, 0.4) is 0 Å². The summed E-state index contributed by atoms with van der Waals surface area (Å²) in [6.45, 7) is 0. The molecule has 0 fully saturated rings. The number of pyridine rings is 1. The third-order valence-electron chi connectivity index (χ3n) is 2.04. The predicted molar refractivity (Wildman–Crippen MR) is 61.7 cm³/mol. The first-order valence-corrected chi connectivity index (χ1v) is 4.81. The van der Waals surface area contributed by atoms with Gasteiger partial charge in [0.25, 0.3) is 0 Å². The lowest BCUT2D eigenvalue weighted by molar-refractivity contribution is 0.412. The molecule has 0 aliphatic rings. The molecule has 1 heterocycles. The highest BCUT2D eigenvalue weighted by molar-refractivity contribution is 5.38. The second-order valence-corrected chi connectivity index (χ2v) is 3.21. The molecule has 4 heteroatoms. The van der Waals surface area contributed by atoms with E-state index in [9.17, 15) is 0 Å². The number of hydrogen-bond acceptors (Lipinski definition) is 4. The van der Waals surface area contributed by atoms with Crippen molar-refractivity contribution in [3.8, 4) is 17.4 Å². The van der Waals surface area contributed by atoms with Crippen LogP contribution in [0.15, 0.2) is 42.6 Å². The van der Waals surface area contributed by atoms with Crippen LogP contribution in [0.1, 0.15) is 0 Å². The Hall–Kier alpha value is -2.23. The summed E-state index contributed by atoms with van der Waals surface area (Å²) in [5.74, 6) is 2.01. The Morgan fingerprint density at radius 2 is 1.69 bits per heavy atom. The van der Waals surface area contributed by atoms with Gasteiger partial charge in [0.05, 0.1) is 19.0 Å². The summed E-state index contributed by atoms with van der Waals surface area (Å²) < 4.78 is 10.6. The van der Waals surface area contributed by atoms with E-state index in [4.69, 9.17) is 15.2 Å². The largest absolute Gasteiger partial charge is 0.497 e. The van der Waals surface area contributed by atoms with Gasteiger partial charge in [-0.25, -0.2) is 4.98 Å². The summed E-state index contributed by atoms with van der Waals surface area (Å²) in [6.07, 6.45) is 1.55. The lowest BCUT2D eigenvalue weighted by Crippen LogP contribution is -1.90. The number of benzene rings is 1. The van der Waals surface area contributed by atoms with E-state index in [0.29, 0.717) is 17.3 Å². The molecular formula is C12H12N2O2. The van der Waals surface area contributed by atoms with Crippen molar-refractivity contribution in [3.63, 3.8) is 0 Å². The molecule has 4 nitrogen and oxygen atoms in total. The predicted octanol–water partition coefficient (Wildman–Crippen LogP) is 2.46. The number of aromatic nitrogens is 1. The molecule has 0 amide bonds. The van der Waals surface area contributed by atoms with E-state index >= 15 is 0 Å². The first kappa shape index (κ1) is 10.3. The standard InChI is InChI=1S/C12H12N2O2/c1-15-10-3-5-11(6-4-10)16-12-7-2-9(13)8-14-12/h2-8H,13H2,1H3. The third-order valence-corrected chi connectivity index (χ3v) is 2.04. The van der Waals surface area contributed by atoms with Gasteiger partial charge in [-0.3, -0.25) is 0 Å². The van der Waals surface area contributed by atoms with Crippen LogP contribution in [0.25, 0.3) is 0 Å². The molecule has 0 saturated heterocycles. The van der Waals surface area contributed by atoms with Gasteiger partial charge in [-0.05, 0) is 30.3 Å². The Balaban J connectivity index is 2.11. The number of nitrogens with zero attached hydrogens (tertiary/aromatic N) is 1. The maximum Gasteiger partial charge on any atom is 0.219 e. The maximum absolute atomic E-state index is 5.52. The number of rotatable bonds is 3. The van der Waals surface area contributed by atoms with Gasteiger partial charge in [0.15, 0.2) is 0 Å². The molecule has 0 unspecified atom stereocenters. The van der Waals surface area contributed by atoms with Crippen molar-refractivity contribution >= 4 is 5.69 Å². The van der Waals surface area contributed by atoms with E-state index in [1.807, 2.05) is 24.3 Å². The molecule has 0 bridgehead atoms. The Morgan fingerprint density at radius 1 is 1.00 bits per heavy atom. The highest BCUT2D eigenvalue weighted by Crippen LogP contribution is 2.22. The van der Waals surface area contributed by atoms with Gasteiger partial charge < -0.3 is 15.2 Å². The molecule has 0 spiro atoms. The van der Waals surface area contributed by atoms with Crippen molar-refractivity contribution in [1.82, 2.24) is 4.98 Å². The van der Waals surface area contributed by atoms with Crippen molar-refractivity contribution < 1.29 is 9.47 Å². The first-order valence-electron chi connectivity index (χ1n) is 4.81. The molecule has 0 radical (unpaired) electrons. The fraction of sp³-hybridized carbons (Fsp3) is 0.0833. The van der Waals surface area contributed by atoms with E-state index in [1.165, 1.54) is 0 Å². The van der Waals surface area contributed by atoms with Crippen LogP contribution in [-0.2, 0) is 0 Å². The highest BCUT2D eigenvalue weighted by atomic mass is 16.5. The van der Waals surface area contributed by atoms with Crippen molar-refractivity contribution in [2.24, 2.45) is 0 Å². The van der Waals surface area contributed by atoms with Gasteiger partial charge >= 0.3 is 0 Å². The smallest absolute Gasteiger partial charge is 0.219 e. The van der Waals surface area contributed by atoms with Gasteiger partial charge in [-0.2, -0.15) is 0 Å². The van der Waals surface area contributed by atoms with Crippen LogP contribution in [0.4, 0.5) is 5.69 Å². The number of nitrogens with two attached hydrogens (primary N) is 1. The molecule has 2 aromatic rings. The molecule has 0 saturated carbocycles. The maximum atomic E-state index is 5.52. The summed E-state index contributed by atoms with van der Waals surface area (Å²) in [5.41, 5.74) is 6.14. The lowest BCUT2D eigenvalue weighted by Gasteiger charge is -2.05. The Labute approximate surface area is 93.6 Å². The molecule has 1 aromatic carbocycles. The molecule has 0 atom stereocenters. The van der Waals surface area contributed by atoms with Gasteiger partial charge in [0, 0.05) is 6.07 Å².